The second kappa shape index (κ2) is 5.33. The molecule has 6 atom stereocenters. The molecule has 0 aliphatic heterocycles. The van der Waals surface area contributed by atoms with E-state index in [-0.39, 0.29) is 5.41 Å². The van der Waals surface area contributed by atoms with Gasteiger partial charge in [-0.3, -0.25) is 4.79 Å². The SMILES string of the molecule is CC12CCC3C4CCC(=O)C=C4CCC3C1CCC2(O)c1ccoc1. The molecule has 25 heavy (non-hydrogen) atoms. The number of allylic oxidation sites excluding steroid dienone is 1. The molecule has 3 fully saturated rings. The van der Waals surface area contributed by atoms with Gasteiger partial charge in [0.15, 0.2) is 5.78 Å². The van der Waals surface area contributed by atoms with Crippen LogP contribution in [0.5, 0.6) is 0 Å². The van der Waals surface area contributed by atoms with E-state index < -0.39 is 5.60 Å². The molecule has 4 aliphatic carbocycles. The Hall–Kier alpha value is -1.35. The minimum Gasteiger partial charge on any atom is -0.472 e. The predicted octanol–water partition coefficient (Wildman–Crippen LogP) is 4.61. The molecule has 6 unspecified atom stereocenters. The van der Waals surface area contributed by atoms with E-state index in [1.807, 2.05) is 12.1 Å². The lowest BCUT2D eigenvalue weighted by Crippen LogP contribution is -2.51. The van der Waals surface area contributed by atoms with Crippen molar-refractivity contribution in [2.75, 3.05) is 0 Å². The van der Waals surface area contributed by atoms with Gasteiger partial charge in [-0.15, -0.1) is 0 Å². The first-order chi connectivity index (χ1) is 12.0. The molecular weight excluding hydrogens is 312 g/mol. The van der Waals surface area contributed by atoms with E-state index in [0.717, 1.165) is 50.0 Å². The molecule has 1 aromatic heterocycles. The van der Waals surface area contributed by atoms with Gasteiger partial charge in [0.25, 0.3) is 0 Å². The molecule has 3 nitrogen and oxygen atoms in total. The number of furan rings is 1. The largest absolute Gasteiger partial charge is 0.472 e. The Bertz CT molecular complexity index is 718. The van der Waals surface area contributed by atoms with Gasteiger partial charge in [-0.2, -0.15) is 0 Å². The van der Waals surface area contributed by atoms with E-state index >= 15 is 0 Å². The highest BCUT2D eigenvalue weighted by molar-refractivity contribution is 5.91. The van der Waals surface area contributed by atoms with Crippen LogP contribution in [0.3, 0.4) is 0 Å². The Kier molecular flexibility index (Phi) is 3.38. The van der Waals surface area contributed by atoms with Crippen LogP contribution < -0.4 is 0 Å². The fraction of sp³-hybridized carbons (Fsp3) is 0.682. The highest BCUT2D eigenvalue weighted by atomic mass is 16.3. The van der Waals surface area contributed by atoms with E-state index in [0.29, 0.717) is 23.5 Å². The molecule has 0 bridgehead atoms. The van der Waals surface area contributed by atoms with Gasteiger partial charge >= 0.3 is 0 Å². The smallest absolute Gasteiger partial charge is 0.155 e. The molecule has 134 valence electrons. The summed E-state index contributed by atoms with van der Waals surface area (Å²) in [6.45, 7) is 2.32. The molecule has 1 N–H and O–H groups in total. The molecular formula is C22H28O3. The Labute approximate surface area is 149 Å². The van der Waals surface area contributed by atoms with Crippen LogP contribution in [0, 0.1) is 29.1 Å². The highest BCUT2D eigenvalue weighted by Gasteiger charge is 2.63. The number of ketones is 1. The summed E-state index contributed by atoms with van der Waals surface area (Å²) >= 11 is 0. The van der Waals surface area contributed by atoms with Crippen LogP contribution >= 0.6 is 0 Å². The van der Waals surface area contributed by atoms with Crippen molar-refractivity contribution in [3.05, 3.63) is 35.8 Å². The van der Waals surface area contributed by atoms with E-state index in [4.69, 9.17) is 4.42 Å². The third-order valence-corrected chi connectivity index (χ3v) is 8.45. The Morgan fingerprint density at radius 2 is 2.00 bits per heavy atom. The summed E-state index contributed by atoms with van der Waals surface area (Å²) in [6, 6.07) is 1.95. The molecule has 0 saturated heterocycles. The fourth-order valence-corrected chi connectivity index (χ4v) is 7.17. The molecule has 3 saturated carbocycles. The second-order valence-electron chi connectivity index (χ2n) is 9.17. The highest BCUT2D eigenvalue weighted by Crippen LogP contribution is 2.67. The van der Waals surface area contributed by atoms with E-state index in [1.54, 1.807) is 12.5 Å². The van der Waals surface area contributed by atoms with E-state index in [2.05, 4.69) is 6.92 Å². The van der Waals surface area contributed by atoms with Crippen LogP contribution in [-0.4, -0.2) is 10.9 Å². The van der Waals surface area contributed by atoms with Crippen molar-refractivity contribution in [2.24, 2.45) is 29.1 Å². The minimum atomic E-state index is -0.742. The average molecular weight is 340 g/mol. The minimum absolute atomic E-state index is 0.0518. The third kappa shape index (κ3) is 2.05. The zero-order valence-corrected chi connectivity index (χ0v) is 15.0. The molecule has 1 heterocycles. The summed E-state index contributed by atoms with van der Waals surface area (Å²) in [5.74, 6) is 2.97. The zero-order chi connectivity index (χ0) is 17.2. The first-order valence-electron chi connectivity index (χ1n) is 10.0. The molecule has 0 radical (unpaired) electrons. The Morgan fingerprint density at radius 3 is 2.80 bits per heavy atom. The number of carbonyl (C=O) groups is 1. The van der Waals surface area contributed by atoms with E-state index in [1.165, 1.54) is 18.4 Å². The molecule has 0 aromatic carbocycles. The lowest BCUT2D eigenvalue weighted by Gasteiger charge is -2.55. The van der Waals surface area contributed by atoms with Crippen LogP contribution in [0.4, 0.5) is 0 Å². The van der Waals surface area contributed by atoms with Crippen LogP contribution in [0.1, 0.15) is 63.9 Å². The van der Waals surface area contributed by atoms with Gasteiger partial charge in [-0.05, 0) is 80.8 Å². The molecule has 3 heteroatoms. The lowest BCUT2D eigenvalue weighted by molar-refractivity contribution is -0.125. The maximum absolute atomic E-state index is 11.8. The summed E-state index contributed by atoms with van der Waals surface area (Å²) in [5.41, 5.74) is 1.61. The van der Waals surface area contributed by atoms with Crippen molar-refractivity contribution in [3.63, 3.8) is 0 Å². The van der Waals surface area contributed by atoms with Crippen LogP contribution in [0.15, 0.2) is 34.7 Å². The maximum atomic E-state index is 11.8. The van der Waals surface area contributed by atoms with Gasteiger partial charge in [0.2, 0.25) is 0 Å². The number of rotatable bonds is 1. The van der Waals surface area contributed by atoms with Gasteiger partial charge in [0.05, 0.1) is 18.1 Å². The summed E-state index contributed by atoms with van der Waals surface area (Å²) in [7, 11) is 0. The van der Waals surface area contributed by atoms with Crippen molar-refractivity contribution < 1.29 is 14.3 Å². The quantitative estimate of drug-likeness (QED) is 0.812. The summed E-state index contributed by atoms with van der Waals surface area (Å²) in [6.07, 6.45) is 13.7. The maximum Gasteiger partial charge on any atom is 0.155 e. The van der Waals surface area contributed by atoms with Crippen LogP contribution in [0.25, 0.3) is 0 Å². The predicted molar refractivity (Wildman–Crippen MR) is 94.7 cm³/mol. The van der Waals surface area contributed by atoms with Crippen LogP contribution in [0.2, 0.25) is 0 Å². The number of fused-ring (bicyclic) bond motifs is 5. The normalized spacial score (nSPS) is 46.2. The summed E-state index contributed by atoms with van der Waals surface area (Å²) < 4.78 is 5.30. The summed E-state index contributed by atoms with van der Waals surface area (Å²) in [5, 5.41) is 11.6. The molecule has 0 spiro atoms. The topological polar surface area (TPSA) is 50.4 Å². The second-order valence-corrected chi connectivity index (χ2v) is 9.17. The number of hydrogen-bond acceptors (Lipinski definition) is 3. The molecule has 4 aliphatic rings. The van der Waals surface area contributed by atoms with E-state index in [9.17, 15) is 9.90 Å². The van der Waals surface area contributed by atoms with Gasteiger partial charge < -0.3 is 9.52 Å². The van der Waals surface area contributed by atoms with Gasteiger partial charge in [-0.25, -0.2) is 0 Å². The first kappa shape index (κ1) is 15.9. The summed E-state index contributed by atoms with van der Waals surface area (Å²) in [4.78, 5) is 11.8. The van der Waals surface area contributed by atoms with Crippen molar-refractivity contribution in [1.82, 2.24) is 0 Å². The molecule has 5 rings (SSSR count). The fourth-order valence-electron chi connectivity index (χ4n) is 7.17. The first-order valence-corrected chi connectivity index (χ1v) is 10.0. The molecule has 1 aromatic rings. The van der Waals surface area contributed by atoms with Gasteiger partial charge in [0.1, 0.15) is 0 Å². The van der Waals surface area contributed by atoms with Crippen molar-refractivity contribution in [2.45, 2.75) is 63.9 Å². The van der Waals surface area contributed by atoms with Gasteiger partial charge in [0, 0.05) is 17.4 Å². The van der Waals surface area contributed by atoms with Crippen LogP contribution in [-0.2, 0) is 10.4 Å². The standard InChI is InChI=1S/C22H28O3/c1-21-9-6-18-17-5-3-16(23)12-14(17)2-4-19(18)20(21)7-10-22(21,24)15-8-11-25-13-15/h8,11-13,17-20,24H,2-7,9-10H2,1H3. The number of aliphatic hydroxyl groups is 1. The number of carbonyl (C=O) groups excluding carboxylic acids is 1. The van der Waals surface area contributed by atoms with Crippen molar-refractivity contribution in [3.8, 4) is 0 Å². The van der Waals surface area contributed by atoms with Gasteiger partial charge in [-0.1, -0.05) is 12.5 Å². The average Bonchev–Trinajstić information content (AvgIpc) is 3.22. The van der Waals surface area contributed by atoms with Crippen molar-refractivity contribution >= 4 is 5.78 Å². The lowest BCUT2D eigenvalue weighted by atomic mass is 9.50. The third-order valence-electron chi connectivity index (χ3n) is 8.45. The zero-order valence-electron chi connectivity index (χ0n) is 15.0. The Morgan fingerprint density at radius 1 is 1.12 bits per heavy atom. The number of hydrogen-bond donors (Lipinski definition) is 1. The Balaban J connectivity index is 1.48. The van der Waals surface area contributed by atoms with Crippen molar-refractivity contribution in [1.29, 1.82) is 0 Å². The monoisotopic (exact) mass is 340 g/mol. The molecule has 0 amide bonds.